The number of alkyl halides is 3. The van der Waals surface area contributed by atoms with Gasteiger partial charge < -0.3 is 5.73 Å². The maximum Gasteiger partial charge on any atom is 0.407 e. The molecule has 0 aliphatic carbocycles. The van der Waals surface area contributed by atoms with Gasteiger partial charge in [0.25, 0.3) is 0 Å². The van der Waals surface area contributed by atoms with Gasteiger partial charge in [0.2, 0.25) is 0 Å². The molecule has 80 valence electrons. The maximum absolute atomic E-state index is 12.5. The lowest BCUT2D eigenvalue weighted by molar-refractivity contribution is -0.149. The largest absolute Gasteiger partial charge is 0.407 e. The molecule has 1 aromatic carbocycles. The van der Waals surface area contributed by atoms with E-state index in [9.17, 15) is 17.6 Å². The average Bonchev–Trinajstić information content (AvgIpc) is 2.01. The summed E-state index contributed by atoms with van der Waals surface area (Å²) in [5, 5.41) is 0. The Kier molecular flexibility index (Phi) is 4.35. The second-order valence-electron chi connectivity index (χ2n) is 2.57. The van der Waals surface area contributed by atoms with Gasteiger partial charge >= 0.3 is 6.18 Å². The van der Waals surface area contributed by atoms with Crippen LogP contribution in [-0.2, 0) is 0 Å². The summed E-state index contributed by atoms with van der Waals surface area (Å²) in [7, 11) is 0. The topological polar surface area (TPSA) is 26.0 Å². The molecule has 0 aromatic heterocycles. The predicted molar refractivity (Wildman–Crippen MR) is 46.6 cm³/mol. The summed E-state index contributed by atoms with van der Waals surface area (Å²) in [6.45, 7) is 0. The van der Waals surface area contributed by atoms with Gasteiger partial charge in [-0.2, -0.15) is 13.2 Å². The Morgan fingerprint density at radius 1 is 1.21 bits per heavy atom. The number of nitrogens with two attached hydrogens (primary N) is 1. The van der Waals surface area contributed by atoms with Crippen LogP contribution in [0.1, 0.15) is 11.6 Å². The van der Waals surface area contributed by atoms with Crippen LogP contribution in [0.2, 0.25) is 0 Å². The molecule has 0 saturated carbocycles. The minimum atomic E-state index is -4.53. The fourth-order valence-electron chi connectivity index (χ4n) is 0.889. The Labute approximate surface area is 84.3 Å². The van der Waals surface area contributed by atoms with Gasteiger partial charge in [0, 0.05) is 0 Å². The first-order valence-electron chi connectivity index (χ1n) is 3.49. The number of hydrogen-bond acceptors (Lipinski definition) is 1. The van der Waals surface area contributed by atoms with Crippen LogP contribution in [0.25, 0.3) is 0 Å². The molecule has 0 heterocycles. The summed E-state index contributed by atoms with van der Waals surface area (Å²) in [4.78, 5) is 0. The molecule has 1 rings (SSSR count). The molecular weight excluding hydrogens is 222 g/mol. The van der Waals surface area contributed by atoms with E-state index in [4.69, 9.17) is 5.73 Å². The summed E-state index contributed by atoms with van der Waals surface area (Å²) >= 11 is 0. The smallest absolute Gasteiger partial charge is 0.316 e. The van der Waals surface area contributed by atoms with Gasteiger partial charge in [0.1, 0.15) is 11.9 Å². The molecule has 0 aliphatic rings. The van der Waals surface area contributed by atoms with E-state index < -0.39 is 18.0 Å². The van der Waals surface area contributed by atoms with Crippen LogP contribution in [-0.4, -0.2) is 6.18 Å². The number of benzene rings is 1. The lowest BCUT2D eigenvalue weighted by Crippen LogP contribution is -2.28. The third-order valence-electron chi connectivity index (χ3n) is 1.56. The quantitative estimate of drug-likeness (QED) is 0.737. The monoisotopic (exact) mass is 229 g/mol. The zero-order valence-electron chi connectivity index (χ0n) is 6.88. The van der Waals surface area contributed by atoms with E-state index in [-0.39, 0.29) is 18.0 Å². The summed E-state index contributed by atoms with van der Waals surface area (Å²) < 4.78 is 48.6. The number of halogens is 5. The van der Waals surface area contributed by atoms with Gasteiger partial charge in [-0.25, -0.2) is 4.39 Å². The Morgan fingerprint density at radius 3 is 2.21 bits per heavy atom. The van der Waals surface area contributed by atoms with E-state index in [2.05, 4.69) is 0 Å². The highest BCUT2D eigenvalue weighted by Crippen LogP contribution is 2.30. The number of hydrogen-bond donors (Lipinski definition) is 1. The first-order valence-corrected chi connectivity index (χ1v) is 3.49. The molecule has 0 aliphatic heterocycles. The standard InChI is InChI=1S/C8H7F4N.ClH/c9-6-3-1-2-5(4-6)7(13)8(10,11)12;/h1-4,7H,13H2;1H. The highest BCUT2D eigenvalue weighted by atomic mass is 35.5. The lowest BCUT2D eigenvalue weighted by Gasteiger charge is -2.15. The first kappa shape index (κ1) is 13.2. The molecule has 0 amide bonds. The fourth-order valence-corrected chi connectivity index (χ4v) is 0.889. The Bertz CT molecular complexity index is 300. The van der Waals surface area contributed by atoms with Crippen LogP contribution in [0.3, 0.4) is 0 Å². The predicted octanol–water partition coefficient (Wildman–Crippen LogP) is 2.81. The van der Waals surface area contributed by atoms with Crippen molar-refractivity contribution in [1.29, 1.82) is 0 Å². The second-order valence-corrected chi connectivity index (χ2v) is 2.57. The summed E-state index contributed by atoms with van der Waals surface area (Å²) in [5.74, 6) is -0.725. The molecular formula is C8H8ClF4N. The van der Waals surface area contributed by atoms with Gasteiger partial charge in [-0.15, -0.1) is 12.4 Å². The van der Waals surface area contributed by atoms with Crippen molar-refractivity contribution in [2.24, 2.45) is 5.73 Å². The van der Waals surface area contributed by atoms with Crippen LogP contribution < -0.4 is 5.73 Å². The molecule has 1 nitrogen and oxygen atoms in total. The molecule has 14 heavy (non-hydrogen) atoms. The fraction of sp³-hybridized carbons (Fsp3) is 0.250. The lowest BCUT2D eigenvalue weighted by atomic mass is 10.1. The molecule has 0 bridgehead atoms. The van der Waals surface area contributed by atoms with Crippen molar-refractivity contribution < 1.29 is 17.6 Å². The molecule has 0 spiro atoms. The first-order chi connectivity index (χ1) is 5.91. The van der Waals surface area contributed by atoms with Crippen molar-refractivity contribution in [3.8, 4) is 0 Å². The van der Waals surface area contributed by atoms with Gasteiger partial charge in [0.15, 0.2) is 0 Å². The van der Waals surface area contributed by atoms with Crippen molar-refractivity contribution in [1.82, 2.24) is 0 Å². The van der Waals surface area contributed by atoms with Gasteiger partial charge in [-0.3, -0.25) is 0 Å². The van der Waals surface area contributed by atoms with Crippen molar-refractivity contribution in [2.75, 3.05) is 0 Å². The summed E-state index contributed by atoms with van der Waals surface area (Å²) in [6.07, 6.45) is -4.53. The van der Waals surface area contributed by atoms with Gasteiger partial charge in [-0.05, 0) is 17.7 Å². The van der Waals surface area contributed by atoms with Crippen molar-refractivity contribution >= 4 is 12.4 Å². The number of rotatable bonds is 1. The Hall–Kier alpha value is -0.810. The molecule has 0 saturated heterocycles. The minimum absolute atomic E-state index is 0. The van der Waals surface area contributed by atoms with Crippen molar-refractivity contribution in [2.45, 2.75) is 12.2 Å². The Balaban J connectivity index is 0.00000169. The average molecular weight is 230 g/mol. The van der Waals surface area contributed by atoms with E-state index in [0.29, 0.717) is 0 Å². The maximum atomic E-state index is 12.5. The third-order valence-corrected chi connectivity index (χ3v) is 1.56. The van der Waals surface area contributed by atoms with E-state index in [1.165, 1.54) is 6.07 Å². The van der Waals surface area contributed by atoms with Crippen molar-refractivity contribution in [3.63, 3.8) is 0 Å². The van der Waals surface area contributed by atoms with Crippen molar-refractivity contribution in [3.05, 3.63) is 35.6 Å². The van der Waals surface area contributed by atoms with Crippen LogP contribution in [0.5, 0.6) is 0 Å². The van der Waals surface area contributed by atoms with E-state index in [0.717, 1.165) is 18.2 Å². The third kappa shape index (κ3) is 3.16. The molecule has 2 N–H and O–H groups in total. The normalized spacial score (nSPS) is 13.2. The van der Waals surface area contributed by atoms with Crippen LogP contribution >= 0.6 is 12.4 Å². The minimum Gasteiger partial charge on any atom is -0.316 e. The van der Waals surface area contributed by atoms with Crippen LogP contribution in [0.4, 0.5) is 17.6 Å². The van der Waals surface area contributed by atoms with E-state index in [1.807, 2.05) is 0 Å². The second kappa shape index (κ2) is 4.61. The summed E-state index contributed by atoms with van der Waals surface area (Å²) in [5.41, 5.74) is 4.58. The molecule has 1 atom stereocenters. The molecule has 1 aromatic rings. The van der Waals surface area contributed by atoms with Gasteiger partial charge in [0.05, 0.1) is 0 Å². The van der Waals surface area contributed by atoms with Gasteiger partial charge in [-0.1, -0.05) is 12.1 Å². The highest BCUT2D eigenvalue weighted by molar-refractivity contribution is 5.85. The van der Waals surface area contributed by atoms with Crippen LogP contribution in [0.15, 0.2) is 24.3 Å². The van der Waals surface area contributed by atoms with Crippen LogP contribution in [0, 0.1) is 5.82 Å². The molecule has 0 fully saturated rings. The molecule has 1 unspecified atom stereocenters. The van der Waals surface area contributed by atoms with E-state index >= 15 is 0 Å². The SMILES string of the molecule is Cl.NC(c1cccc(F)c1)C(F)(F)F. The molecule has 0 radical (unpaired) electrons. The highest BCUT2D eigenvalue weighted by Gasteiger charge is 2.37. The molecule has 6 heteroatoms. The zero-order chi connectivity index (χ0) is 10.1. The zero-order valence-corrected chi connectivity index (χ0v) is 7.70. The summed E-state index contributed by atoms with van der Waals surface area (Å²) in [6, 6.07) is 2.05. The Morgan fingerprint density at radius 2 is 1.79 bits per heavy atom. The van der Waals surface area contributed by atoms with E-state index in [1.54, 1.807) is 0 Å².